The van der Waals surface area contributed by atoms with E-state index in [9.17, 15) is 14.6 Å². The van der Waals surface area contributed by atoms with Crippen molar-refractivity contribution in [2.24, 2.45) is 5.73 Å². The second-order valence-corrected chi connectivity index (χ2v) is 3.40. The third kappa shape index (κ3) is 1.99. The Balaban J connectivity index is 3.25. The van der Waals surface area contributed by atoms with Crippen molar-refractivity contribution in [3.8, 4) is 5.75 Å². The molecule has 3 nitrogen and oxygen atoms in total. The Bertz CT molecular complexity index is 319. The van der Waals surface area contributed by atoms with Crippen molar-refractivity contribution < 1.29 is 14.6 Å². The van der Waals surface area contributed by atoms with Gasteiger partial charge < -0.3 is 15.9 Å². The summed E-state index contributed by atoms with van der Waals surface area (Å²) >= 11 is 2.94. The third-order valence-corrected chi connectivity index (χ3v) is 2.28. The molecule has 72 valence electrons. The van der Waals surface area contributed by atoms with Gasteiger partial charge in [0.1, 0.15) is 11.6 Å². The van der Waals surface area contributed by atoms with Gasteiger partial charge in [0.15, 0.2) is 0 Å². The number of rotatable bonds is 2. The Morgan fingerprint density at radius 2 is 2.15 bits per heavy atom. The number of nitrogens with two attached hydrogens (primary N) is 1. The van der Waals surface area contributed by atoms with E-state index in [1.165, 1.54) is 12.1 Å². The van der Waals surface area contributed by atoms with E-state index in [1.807, 2.05) is 0 Å². The molecule has 13 heavy (non-hydrogen) atoms. The quantitative estimate of drug-likeness (QED) is 0.740. The average Bonchev–Trinajstić information content (AvgIpc) is 2.12. The van der Waals surface area contributed by atoms with Gasteiger partial charge in [-0.2, -0.15) is 0 Å². The molecule has 0 heterocycles. The van der Waals surface area contributed by atoms with E-state index >= 15 is 0 Å². The van der Waals surface area contributed by atoms with E-state index in [0.29, 0.717) is 0 Å². The fourth-order valence-corrected chi connectivity index (χ4v) is 1.34. The summed E-state index contributed by atoms with van der Waals surface area (Å²) in [4.78, 5) is 0. The number of benzene rings is 1. The first-order valence-electron chi connectivity index (χ1n) is 3.63. The maximum absolute atomic E-state index is 13.3. The molecule has 0 bridgehead atoms. The molecule has 0 aliphatic heterocycles. The number of phenols is 1. The second kappa shape index (κ2) is 4.04. The number of aliphatic hydroxyl groups excluding tert-OH is 1. The maximum atomic E-state index is 13.3. The number of aliphatic hydroxyl groups is 1. The first-order valence-corrected chi connectivity index (χ1v) is 4.42. The third-order valence-electron chi connectivity index (χ3n) is 1.67. The molecule has 0 aliphatic carbocycles. The minimum atomic E-state index is -1.18. The molecule has 0 saturated carbocycles. The van der Waals surface area contributed by atoms with Gasteiger partial charge >= 0.3 is 0 Å². The van der Waals surface area contributed by atoms with Crippen LogP contribution in [0.1, 0.15) is 11.7 Å². The monoisotopic (exact) mass is 249 g/mol. The highest BCUT2D eigenvalue weighted by Gasteiger charge is 2.18. The van der Waals surface area contributed by atoms with Gasteiger partial charge in [-0.3, -0.25) is 0 Å². The van der Waals surface area contributed by atoms with Crippen LogP contribution in [-0.2, 0) is 0 Å². The van der Waals surface area contributed by atoms with Gasteiger partial charge in [-0.25, -0.2) is 4.39 Å². The average molecular weight is 250 g/mol. The second-order valence-electron chi connectivity index (χ2n) is 2.55. The van der Waals surface area contributed by atoms with Gasteiger partial charge in [0, 0.05) is 6.54 Å². The first-order chi connectivity index (χ1) is 6.07. The van der Waals surface area contributed by atoms with Crippen LogP contribution < -0.4 is 5.73 Å². The van der Waals surface area contributed by atoms with Crippen molar-refractivity contribution in [3.63, 3.8) is 0 Å². The molecule has 1 atom stereocenters. The normalized spacial score (nSPS) is 12.9. The van der Waals surface area contributed by atoms with Crippen LogP contribution in [0.3, 0.4) is 0 Å². The molecule has 0 radical (unpaired) electrons. The summed E-state index contributed by atoms with van der Waals surface area (Å²) in [6.45, 7) is -0.138. The van der Waals surface area contributed by atoms with Crippen LogP contribution in [0.25, 0.3) is 0 Å². The zero-order valence-electron chi connectivity index (χ0n) is 6.67. The van der Waals surface area contributed by atoms with Crippen molar-refractivity contribution in [3.05, 3.63) is 28.0 Å². The van der Waals surface area contributed by atoms with E-state index in [4.69, 9.17) is 5.73 Å². The van der Waals surface area contributed by atoms with Gasteiger partial charge in [0.25, 0.3) is 0 Å². The summed E-state index contributed by atoms with van der Waals surface area (Å²) in [6, 6.07) is 2.65. The van der Waals surface area contributed by atoms with E-state index in [-0.39, 0.29) is 22.3 Å². The molecule has 1 unspecified atom stereocenters. The lowest BCUT2D eigenvalue weighted by molar-refractivity contribution is 0.177. The Labute approximate surface area is 83.1 Å². The van der Waals surface area contributed by atoms with Gasteiger partial charge in [-0.1, -0.05) is 0 Å². The summed E-state index contributed by atoms with van der Waals surface area (Å²) in [6.07, 6.45) is -1.18. The van der Waals surface area contributed by atoms with Gasteiger partial charge in [-0.05, 0) is 28.1 Å². The zero-order valence-corrected chi connectivity index (χ0v) is 8.25. The highest BCUT2D eigenvalue weighted by Crippen LogP contribution is 2.31. The van der Waals surface area contributed by atoms with E-state index in [1.54, 1.807) is 0 Å². The molecule has 0 spiro atoms. The Morgan fingerprint density at radius 1 is 1.54 bits per heavy atom. The molecule has 0 aliphatic rings. The molecule has 1 aromatic rings. The van der Waals surface area contributed by atoms with E-state index < -0.39 is 11.9 Å². The Hall–Kier alpha value is -0.650. The largest absolute Gasteiger partial charge is 0.507 e. The molecular weight excluding hydrogens is 241 g/mol. The Kier molecular flexibility index (Phi) is 3.24. The lowest BCUT2D eigenvalue weighted by atomic mass is 10.1. The van der Waals surface area contributed by atoms with Crippen molar-refractivity contribution in [2.75, 3.05) is 6.54 Å². The highest BCUT2D eigenvalue weighted by atomic mass is 79.9. The van der Waals surface area contributed by atoms with Crippen molar-refractivity contribution in [2.45, 2.75) is 6.10 Å². The number of hydrogen-bond donors (Lipinski definition) is 3. The number of phenolic OH excluding ortho intramolecular Hbond substituents is 1. The SMILES string of the molecule is NCC(O)c1c(O)ccc(Br)c1F. The summed E-state index contributed by atoms with van der Waals surface area (Å²) in [5.41, 5.74) is 4.98. The summed E-state index contributed by atoms with van der Waals surface area (Å²) in [7, 11) is 0. The van der Waals surface area contributed by atoms with Gasteiger partial charge in [0.2, 0.25) is 0 Å². The van der Waals surface area contributed by atoms with Crippen molar-refractivity contribution in [1.82, 2.24) is 0 Å². The topological polar surface area (TPSA) is 66.5 Å². The molecular formula is C8H9BrFNO2. The number of aromatic hydroxyl groups is 1. The van der Waals surface area contributed by atoms with Crippen LogP contribution in [0, 0.1) is 5.82 Å². The standard InChI is InChI=1S/C8H9BrFNO2/c9-4-1-2-5(12)7(8(4)10)6(13)3-11/h1-2,6,12-13H,3,11H2. The smallest absolute Gasteiger partial charge is 0.146 e. The molecule has 1 rings (SSSR count). The van der Waals surface area contributed by atoms with Gasteiger partial charge in [-0.15, -0.1) is 0 Å². The number of hydrogen-bond acceptors (Lipinski definition) is 3. The Morgan fingerprint density at radius 3 is 2.69 bits per heavy atom. The molecule has 5 heteroatoms. The zero-order chi connectivity index (χ0) is 10.0. The van der Waals surface area contributed by atoms with Gasteiger partial charge in [0.05, 0.1) is 16.1 Å². The fraction of sp³-hybridized carbons (Fsp3) is 0.250. The van der Waals surface area contributed by atoms with Crippen LogP contribution >= 0.6 is 15.9 Å². The van der Waals surface area contributed by atoms with Crippen molar-refractivity contribution >= 4 is 15.9 Å². The molecule has 0 saturated heterocycles. The van der Waals surface area contributed by atoms with Crippen LogP contribution in [0.15, 0.2) is 16.6 Å². The van der Waals surface area contributed by atoms with Crippen molar-refractivity contribution in [1.29, 1.82) is 0 Å². The van der Waals surface area contributed by atoms with E-state index in [2.05, 4.69) is 15.9 Å². The first kappa shape index (κ1) is 10.4. The lowest BCUT2D eigenvalue weighted by Gasteiger charge is -2.11. The molecule has 0 aromatic heterocycles. The van der Waals surface area contributed by atoms with E-state index in [0.717, 1.165) is 0 Å². The summed E-state index contributed by atoms with van der Waals surface area (Å²) in [5.74, 6) is -0.975. The summed E-state index contributed by atoms with van der Waals surface area (Å²) < 4.78 is 13.5. The lowest BCUT2D eigenvalue weighted by Crippen LogP contribution is -2.13. The minimum absolute atomic E-state index is 0.138. The predicted molar refractivity (Wildman–Crippen MR) is 49.8 cm³/mol. The summed E-state index contributed by atoms with van der Waals surface area (Å²) in [5, 5.41) is 18.5. The molecule has 4 N–H and O–H groups in total. The molecule has 1 aromatic carbocycles. The highest BCUT2D eigenvalue weighted by molar-refractivity contribution is 9.10. The molecule has 0 amide bonds. The number of halogens is 2. The fourth-order valence-electron chi connectivity index (χ4n) is 0.991. The predicted octanol–water partition coefficient (Wildman–Crippen LogP) is 1.29. The minimum Gasteiger partial charge on any atom is -0.507 e. The molecule has 0 fully saturated rings. The van der Waals surface area contributed by atoms with Crippen LogP contribution in [-0.4, -0.2) is 16.8 Å². The van der Waals surface area contributed by atoms with Crippen LogP contribution in [0.5, 0.6) is 5.75 Å². The van der Waals surface area contributed by atoms with Crippen LogP contribution in [0.4, 0.5) is 4.39 Å². The van der Waals surface area contributed by atoms with Crippen LogP contribution in [0.2, 0.25) is 0 Å². The maximum Gasteiger partial charge on any atom is 0.146 e.